The lowest BCUT2D eigenvalue weighted by Crippen LogP contribution is -2.41. The number of piperidine rings is 1. The lowest BCUT2D eigenvalue weighted by molar-refractivity contribution is -0.134. The van der Waals surface area contributed by atoms with Crippen LogP contribution >= 0.6 is 0 Å². The van der Waals surface area contributed by atoms with Gasteiger partial charge in [-0.3, -0.25) is 4.79 Å². The molecule has 1 aromatic carbocycles. The van der Waals surface area contributed by atoms with E-state index in [1.54, 1.807) is 0 Å². The molecule has 1 aromatic heterocycles. The first-order valence-corrected chi connectivity index (χ1v) is 9.35. The number of hydrogen-bond acceptors (Lipinski definition) is 4. The normalized spacial score (nSPS) is 15.3. The van der Waals surface area contributed by atoms with Crippen molar-refractivity contribution in [1.29, 1.82) is 0 Å². The Morgan fingerprint density at radius 2 is 1.96 bits per heavy atom. The molecule has 1 aliphatic rings. The van der Waals surface area contributed by atoms with Crippen LogP contribution in [0.25, 0.3) is 0 Å². The molecule has 0 aliphatic carbocycles. The number of hydrogen-bond donors (Lipinski definition) is 0. The van der Waals surface area contributed by atoms with Crippen LogP contribution in [-0.4, -0.2) is 65.6 Å². The number of imidazole rings is 1. The molecule has 1 amide bonds. The van der Waals surface area contributed by atoms with Gasteiger partial charge in [0.1, 0.15) is 17.4 Å². The van der Waals surface area contributed by atoms with E-state index in [-0.39, 0.29) is 18.3 Å². The van der Waals surface area contributed by atoms with E-state index in [1.165, 1.54) is 24.3 Å². The second-order valence-corrected chi connectivity index (χ2v) is 7.18. The maximum Gasteiger partial charge on any atom is 0.260 e. The number of carbonyl (C=O) groups is 1. The van der Waals surface area contributed by atoms with Crippen molar-refractivity contribution in [3.8, 4) is 5.75 Å². The zero-order valence-corrected chi connectivity index (χ0v) is 16.0. The first-order valence-electron chi connectivity index (χ1n) is 9.35. The molecule has 146 valence electrons. The molecule has 2 heterocycles. The van der Waals surface area contributed by atoms with Crippen molar-refractivity contribution in [3.63, 3.8) is 0 Å². The van der Waals surface area contributed by atoms with Crippen molar-refractivity contribution in [2.24, 2.45) is 0 Å². The summed E-state index contributed by atoms with van der Waals surface area (Å²) in [5.41, 5.74) is 0. The van der Waals surface area contributed by atoms with Crippen molar-refractivity contribution in [1.82, 2.24) is 19.4 Å². The number of rotatable bonds is 7. The summed E-state index contributed by atoms with van der Waals surface area (Å²) in [7, 11) is 4.13. The summed E-state index contributed by atoms with van der Waals surface area (Å²) in [4.78, 5) is 20.9. The summed E-state index contributed by atoms with van der Waals surface area (Å²) >= 11 is 0. The van der Waals surface area contributed by atoms with Gasteiger partial charge < -0.3 is 19.1 Å². The SMILES string of the molecule is CN(C)CCn1ccnc1C1CCN(C(=O)COc2ccc(F)cc2)CC1. The fourth-order valence-electron chi connectivity index (χ4n) is 3.33. The summed E-state index contributed by atoms with van der Waals surface area (Å²) < 4.78 is 20.6. The number of ether oxygens (including phenoxy) is 1. The topological polar surface area (TPSA) is 50.6 Å². The van der Waals surface area contributed by atoms with E-state index in [2.05, 4.69) is 28.5 Å². The number of nitrogens with zero attached hydrogens (tertiary/aromatic N) is 4. The van der Waals surface area contributed by atoms with Crippen molar-refractivity contribution in [2.45, 2.75) is 25.3 Å². The molecule has 0 bridgehead atoms. The zero-order valence-electron chi connectivity index (χ0n) is 16.0. The number of halogens is 1. The first kappa shape index (κ1) is 19.4. The lowest BCUT2D eigenvalue weighted by Gasteiger charge is -2.32. The van der Waals surface area contributed by atoms with Gasteiger partial charge in [-0.2, -0.15) is 0 Å². The van der Waals surface area contributed by atoms with E-state index in [9.17, 15) is 9.18 Å². The Kier molecular flexibility index (Phi) is 6.45. The predicted molar refractivity (Wildman–Crippen MR) is 101 cm³/mol. The van der Waals surface area contributed by atoms with Crippen LogP contribution in [0.3, 0.4) is 0 Å². The van der Waals surface area contributed by atoms with E-state index < -0.39 is 0 Å². The highest BCUT2D eigenvalue weighted by Gasteiger charge is 2.26. The molecule has 0 radical (unpaired) electrons. The van der Waals surface area contributed by atoms with Crippen LogP contribution in [0.2, 0.25) is 0 Å². The Morgan fingerprint density at radius 3 is 2.63 bits per heavy atom. The number of aromatic nitrogens is 2. The minimum atomic E-state index is -0.320. The van der Waals surface area contributed by atoms with Gasteiger partial charge in [0.2, 0.25) is 0 Å². The Balaban J connectivity index is 1.48. The van der Waals surface area contributed by atoms with Crippen LogP contribution in [0.1, 0.15) is 24.6 Å². The average molecular weight is 374 g/mol. The van der Waals surface area contributed by atoms with Crippen LogP contribution in [0, 0.1) is 5.82 Å². The Hall–Kier alpha value is -2.41. The molecule has 0 spiro atoms. The summed E-state index contributed by atoms with van der Waals surface area (Å²) in [6.07, 6.45) is 5.70. The van der Waals surface area contributed by atoms with Crippen molar-refractivity contribution >= 4 is 5.91 Å². The molecule has 1 fully saturated rings. The Morgan fingerprint density at radius 1 is 1.26 bits per heavy atom. The fraction of sp³-hybridized carbons (Fsp3) is 0.500. The highest BCUT2D eigenvalue weighted by Crippen LogP contribution is 2.27. The van der Waals surface area contributed by atoms with Gasteiger partial charge in [-0.05, 0) is 51.2 Å². The highest BCUT2D eigenvalue weighted by molar-refractivity contribution is 5.77. The number of likely N-dealkylation sites (N-methyl/N-ethyl adjacent to an activating group) is 1. The minimum Gasteiger partial charge on any atom is -0.484 e. The first-order chi connectivity index (χ1) is 13.0. The van der Waals surface area contributed by atoms with E-state index in [1.807, 2.05) is 17.3 Å². The molecule has 0 saturated carbocycles. The Labute approximate surface area is 159 Å². The van der Waals surface area contributed by atoms with Crippen LogP contribution < -0.4 is 4.74 Å². The molecule has 6 nitrogen and oxygen atoms in total. The molecule has 0 N–H and O–H groups in total. The molecular formula is C20H27FN4O2. The smallest absolute Gasteiger partial charge is 0.260 e. The Bertz CT molecular complexity index is 737. The third-order valence-electron chi connectivity index (χ3n) is 4.92. The van der Waals surface area contributed by atoms with Gasteiger partial charge in [0, 0.05) is 44.5 Å². The van der Waals surface area contributed by atoms with Gasteiger partial charge in [-0.15, -0.1) is 0 Å². The lowest BCUT2D eigenvalue weighted by atomic mass is 9.96. The van der Waals surface area contributed by atoms with E-state index in [0.29, 0.717) is 24.8 Å². The predicted octanol–water partition coefficient (Wildman–Crippen LogP) is 2.37. The molecular weight excluding hydrogens is 347 g/mol. The zero-order chi connectivity index (χ0) is 19.2. The van der Waals surface area contributed by atoms with Crippen molar-refractivity contribution in [3.05, 3.63) is 48.3 Å². The number of carbonyl (C=O) groups excluding carboxylic acids is 1. The average Bonchev–Trinajstić information content (AvgIpc) is 3.14. The molecule has 0 atom stereocenters. The van der Waals surface area contributed by atoms with Gasteiger partial charge in [0.25, 0.3) is 5.91 Å². The van der Waals surface area contributed by atoms with Gasteiger partial charge in [0.15, 0.2) is 6.61 Å². The largest absolute Gasteiger partial charge is 0.484 e. The van der Waals surface area contributed by atoms with E-state index in [0.717, 1.165) is 31.8 Å². The third-order valence-corrected chi connectivity index (χ3v) is 4.92. The second kappa shape index (κ2) is 8.99. The molecule has 1 aliphatic heterocycles. The van der Waals surface area contributed by atoms with Gasteiger partial charge in [0.05, 0.1) is 0 Å². The third kappa shape index (κ3) is 5.29. The van der Waals surface area contributed by atoms with Crippen LogP contribution in [0.4, 0.5) is 4.39 Å². The number of likely N-dealkylation sites (tertiary alicyclic amines) is 1. The molecule has 1 saturated heterocycles. The fourth-order valence-corrected chi connectivity index (χ4v) is 3.33. The van der Waals surface area contributed by atoms with Gasteiger partial charge in [-0.1, -0.05) is 0 Å². The molecule has 7 heteroatoms. The standard InChI is InChI=1S/C20H27FN4O2/c1-23(2)13-14-25-12-9-22-20(25)16-7-10-24(11-8-16)19(26)15-27-18-5-3-17(21)4-6-18/h3-6,9,12,16H,7-8,10-11,13-15H2,1-2H3. The summed E-state index contributed by atoms with van der Waals surface area (Å²) in [6.45, 7) is 3.29. The maximum atomic E-state index is 12.9. The van der Waals surface area contributed by atoms with E-state index in [4.69, 9.17) is 4.74 Å². The molecule has 3 rings (SSSR count). The van der Waals surface area contributed by atoms with Crippen LogP contribution in [0.15, 0.2) is 36.7 Å². The van der Waals surface area contributed by atoms with Crippen LogP contribution in [0.5, 0.6) is 5.75 Å². The van der Waals surface area contributed by atoms with E-state index >= 15 is 0 Å². The van der Waals surface area contributed by atoms with Crippen molar-refractivity contribution in [2.75, 3.05) is 40.3 Å². The van der Waals surface area contributed by atoms with Crippen LogP contribution in [-0.2, 0) is 11.3 Å². The monoisotopic (exact) mass is 374 g/mol. The van der Waals surface area contributed by atoms with Gasteiger partial charge in [-0.25, -0.2) is 9.37 Å². The molecule has 27 heavy (non-hydrogen) atoms. The summed E-state index contributed by atoms with van der Waals surface area (Å²) in [5, 5.41) is 0. The summed E-state index contributed by atoms with van der Waals surface area (Å²) in [6, 6.07) is 5.71. The van der Waals surface area contributed by atoms with Crippen molar-refractivity contribution < 1.29 is 13.9 Å². The highest BCUT2D eigenvalue weighted by atomic mass is 19.1. The minimum absolute atomic E-state index is 0.0201. The number of amides is 1. The summed E-state index contributed by atoms with van der Waals surface area (Å²) in [5.74, 6) is 1.65. The quantitative estimate of drug-likeness (QED) is 0.747. The maximum absolute atomic E-state index is 12.9. The molecule has 0 unspecified atom stereocenters. The number of benzene rings is 1. The molecule has 2 aromatic rings. The van der Waals surface area contributed by atoms with Gasteiger partial charge >= 0.3 is 0 Å². The second-order valence-electron chi connectivity index (χ2n) is 7.18.